The lowest BCUT2D eigenvalue weighted by Gasteiger charge is -2.24. The first kappa shape index (κ1) is 12.2. The molecule has 2 aromatic rings. The summed E-state index contributed by atoms with van der Waals surface area (Å²) in [6.07, 6.45) is 9.52. The van der Waals surface area contributed by atoms with Crippen LogP contribution in [0.4, 0.5) is 0 Å². The highest BCUT2D eigenvalue weighted by atomic mass is 16.1. The predicted octanol–water partition coefficient (Wildman–Crippen LogP) is 3.21. The average molecular weight is 254 g/mol. The Kier molecular flexibility index (Phi) is 3.45. The van der Waals surface area contributed by atoms with E-state index in [2.05, 4.69) is 22.4 Å². The summed E-state index contributed by atoms with van der Waals surface area (Å²) < 4.78 is 0. The molecule has 3 rings (SSSR count). The zero-order valence-corrected chi connectivity index (χ0v) is 10.9. The van der Waals surface area contributed by atoms with Crippen molar-refractivity contribution in [2.45, 2.75) is 31.7 Å². The van der Waals surface area contributed by atoms with Crippen molar-refractivity contribution in [3.63, 3.8) is 0 Å². The van der Waals surface area contributed by atoms with E-state index in [4.69, 9.17) is 0 Å². The van der Waals surface area contributed by atoms with E-state index in [9.17, 15) is 4.79 Å². The number of pyridine rings is 1. The van der Waals surface area contributed by atoms with Gasteiger partial charge in [-0.15, -0.1) is 0 Å². The fourth-order valence-electron chi connectivity index (χ4n) is 3.23. The lowest BCUT2D eigenvalue weighted by Crippen LogP contribution is -2.26. The van der Waals surface area contributed by atoms with Gasteiger partial charge in [-0.3, -0.25) is 9.78 Å². The Morgan fingerprint density at radius 3 is 2.79 bits per heavy atom. The Balaban J connectivity index is 2.06. The average Bonchev–Trinajstić information content (AvgIpc) is 2.98. The number of amides is 1. The Labute approximate surface area is 113 Å². The summed E-state index contributed by atoms with van der Waals surface area (Å²) in [7, 11) is 0. The van der Waals surface area contributed by atoms with Gasteiger partial charge in [0.05, 0.1) is 6.04 Å². The molecule has 1 aromatic heterocycles. The van der Waals surface area contributed by atoms with Crippen LogP contribution in [0.5, 0.6) is 0 Å². The Hall–Kier alpha value is -1.90. The van der Waals surface area contributed by atoms with Gasteiger partial charge in [0.25, 0.3) is 0 Å². The van der Waals surface area contributed by atoms with Crippen molar-refractivity contribution < 1.29 is 4.79 Å². The van der Waals surface area contributed by atoms with Crippen molar-refractivity contribution in [1.82, 2.24) is 10.3 Å². The first-order valence-corrected chi connectivity index (χ1v) is 6.92. The maximum atomic E-state index is 10.9. The van der Waals surface area contributed by atoms with Crippen LogP contribution in [0.2, 0.25) is 0 Å². The van der Waals surface area contributed by atoms with Gasteiger partial charge in [-0.1, -0.05) is 37.1 Å². The van der Waals surface area contributed by atoms with Crippen molar-refractivity contribution in [2.24, 2.45) is 5.92 Å². The molecule has 1 aromatic carbocycles. The molecular formula is C16H18N2O. The van der Waals surface area contributed by atoms with Gasteiger partial charge >= 0.3 is 0 Å². The van der Waals surface area contributed by atoms with Crippen LogP contribution in [0.3, 0.4) is 0 Å². The minimum atomic E-state index is 0.0959. The van der Waals surface area contributed by atoms with Crippen LogP contribution in [-0.4, -0.2) is 11.4 Å². The molecule has 1 N–H and O–H groups in total. The van der Waals surface area contributed by atoms with Gasteiger partial charge in [0, 0.05) is 23.3 Å². The van der Waals surface area contributed by atoms with Crippen molar-refractivity contribution >= 4 is 17.2 Å². The van der Waals surface area contributed by atoms with Gasteiger partial charge in [0.15, 0.2) is 0 Å². The minimum absolute atomic E-state index is 0.0959. The second-order valence-corrected chi connectivity index (χ2v) is 5.26. The number of benzene rings is 1. The van der Waals surface area contributed by atoms with Crippen LogP contribution < -0.4 is 5.32 Å². The van der Waals surface area contributed by atoms with Crippen molar-refractivity contribution in [1.29, 1.82) is 0 Å². The number of rotatable bonds is 4. The molecule has 0 bridgehead atoms. The molecule has 3 nitrogen and oxygen atoms in total. The number of nitrogens with one attached hydrogen (secondary N) is 1. The third kappa shape index (κ3) is 2.33. The number of nitrogens with zero attached hydrogens (tertiary/aromatic N) is 1. The van der Waals surface area contributed by atoms with E-state index in [1.165, 1.54) is 31.1 Å². The topological polar surface area (TPSA) is 42.0 Å². The molecule has 1 saturated carbocycles. The highest BCUT2D eigenvalue weighted by molar-refractivity contribution is 5.85. The maximum Gasteiger partial charge on any atom is 0.207 e. The monoisotopic (exact) mass is 254 g/mol. The van der Waals surface area contributed by atoms with Gasteiger partial charge in [-0.2, -0.15) is 0 Å². The molecule has 1 unspecified atom stereocenters. The first-order valence-electron chi connectivity index (χ1n) is 6.92. The molecule has 1 aliphatic carbocycles. The lowest BCUT2D eigenvalue weighted by molar-refractivity contribution is -0.110. The number of fused-ring (bicyclic) bond motifs is 1. The molecule has 1 aliphatic rings. The largest absolute Gasteiger partial charge is 0.352 e. The number of carbonyl (C=O) groups is 1. The third-order valence-corrected chi connectivity index (χ3v) is 4.15. The number of aromatic nitrogens is 1. The Morgan fingerprint density at radius 2 is 2.00 bits per heavy atom. The van der Waals surface area contributed by atoms with Gasteiger partial charge < -0.3 is 5.32 Å². The van der Waals surface area contributed by atoms with Gasteiger partial charge in [0.2, 0.25) is 6.41 Å². The second-order valence-electron chi connectivity index (χ2n) is 5.26. The molecule has 1 atom stereocenters. The van der Waals surface area contributed by atoms with E-state index in [1.807, 2.05) is 24.5 Å². The van der Waals surface area contributed by atoms with Crippen LogP contribution in [0.15, 0.2) is 36.7 Å². The molecule has 3 heteroatoms. The third-order valence-electron chi connectivity index (χ3n) is 4.15. The zero-order chi connectivity index (χ0) is 13.1. The zero-order valence-electron chi connectivity index (χ0n) is 10.9. The lowest BCUT2D eigenvalue weighted by atomic mass is 9.90. The first-order chi connectivity index (χ1) is 9.40. The Bertz CT molecular complexity index is 570. The molecule has 0 spiro atoms. The fourth-order valence-corrected chi connectivity index (χ4v) is 3.23. The van der Waals surface area contributed by atoms with E-state index in [0.29, 0.717) is 5.92 Å². The summed E-state index contributed by atoms with van der Waals surface area (Å²) in [4.78, 5) is 15.3. The summed E-state index contributed by atoms with van der Waals surface area (Å²) in [6, 6.07) is 8.34. The van der Waals surface area contributed by atoms with E-state index in [1.54, 1.807) is 0 Å². The number of carbonyl (C=O) groups excluding carboxylic acids is 1. The predicted molar refractivity (Wildman–Crippen MR) is 75.6 cm³/mol. The summed E-state index contributed by atoms with van der Waals surface area (Å²) in [5.74, 6) is 0.540. The SMILES string of the molecule is O=CNC(c1cncc2ccccc12)C1CCCC1. The maximum absolute atomic E-state index is 10.9. The molecule has 0 aliphatic heterocycles. The molecular weight excluding hydrogens is 236 g/mol. The van der Waals surface area contributed by atoms with Crippen LogP contribution in [-0.2, 0) is 4.79 Å². The van der Waals surface area contributed by atoms with Gasteiger partial charge in [-0.05, 0) is 24.1 Å². The summed E-state index contributed by atoms with van der Waals surface area (Å²) in [5, 5.41) is 5.35. The molecule has 0 radical (unpaired) electrons. The molecule has 1 heterocycles. The Morgan fingerprint density at radius 1 is 1.21 bits per heavy atom. The summed E-state index contributed by atoms with van der Waals surface area (Å²) in [6.45, 7) is 0. The molecule has 19 heavy (non-hydrogen) atoms. The van der Waals surface area contributed by atoms with E-state index < -0.39 is 0 Å². The quantitative estimate of drug-likeness (QED) is 0.851. The molecule has 1 fully saturated rings. The van der Waals surface area contributed by atoms with Gasteiger partial charge in [0.1, 0.15) is 0 Å². The second kappa shape index (κ2) is 5.39. The smallest absolute Gasteiger partial charge is 0.207 e. The highest BCUT2D eigenvalue weighted by Gasteiger charge is 2.27. The van der Waals surface area contributed by atoms with Crippen LogP contribution in [0.1, 0.15) is 37.3 Å². The normalized spacial score (nSPS) is 17.5. The minimum Gasteiger partial charge on any atom is -0.352 e. The number of hydrogen-bond donors (Lipinski definition) is 1. The van der Waals surface area contributed by atoms with Crippen LogP contribution in [0, 0.1) is 5.92 Å². The summed E-state index contributed by atoms with van der Waals surface area (Å²) >= 11 is 0. The van der Waals surface area contributed by atoms with Crippen LogP contribution >= 0.6 is 0 Å². The van der Waals surface area contributed by atoms with E-state index in [0.717, 1.165) is 17.4 Å². The number of hydrogen-bond acceptors (Lipinski definition) is 2. The van der Waals surface area contributed by atoms with E-state index in [-0.39, 0.29) is 6.04 Å². The van der Waals surface area contributed by atoms with Crippen LogP contribution in [0.25, 0.3) is 10.8 Å². The molecule has 1 amide bonds. The molecule has 0 saturated heterocycles. The standard InChI is InChI=1S/C16H18N2O/c19-11-18-16(12-5-1-2-6-12)15-10-17-9-13-7-3-4-8-14(13)15/h3-4,7-12,16H,1-2,5-6H2,(H,18,19). The fraction of sp³-hybridized carbons (Fsp3) is 0.375. The van der Waals surface area contributed by atoms with E-state index >= 15 is 0 Å². The highest BCUT2D eigenvalue weighted by Crippen LogP contribution is 2.37. The van der Waals surface area contributed by atoms with Gasteiger partial charge in [-0.25, -0.2) is 0 Å². The summed E-state index contributed by atoms with van der Waals surface area (Å²) in [5.41, 5.74) is 1.15. The van der Waals surface area contributed by atoms with Crippen molar-refractivity contribution in [3.05, 3.63) is 42.2 Å². The van der Waals surface area contributed by atoms with Crippen molar-refractivity contribution in [2.75, 3.05) is 0 Å². The van der Waals surface area contributed by atoms with Crippen molar-refractivity contribution in [3.8, 4) is 0 Å². The molecule has 98 valence electrons.